The highest BCUT2D eigenvalue weighted by molar-refractivity contribution is 5.85. The van der Waals surface area contributed by atoms with Crippen LogP contribution in [0, 0.1) is 5.92 Å². The molecular weight excluding hydrogens is 188 g/mol. The Labute approximate surface area is 90.5 Å². The number of hydrogen-bond acceptors (Lipinski definition) is 2. The van der Waals surface area contributed by atoms with Crippen molar-refractivity contribution in [1.29, 1.82) is 0 Å². The molecule has 0 saturated carbocycles. The van der Waals surface area contributed by atoms with E-state index in [2.05, 4.69) is 0 Å². The molecule has 1 amide bonds. The largest absolute Gasteiger partial charge is 0.368 e. The summed E-state index contributed by atoms with van der Waals surface area (Å²) in [4.78, 5) is 11.4. The Kier molecular flexibility index (Phi) is 3.48. The highest BCUT2D eigenvalue weighted by Gasteiger charge is 2.35. The van der Waals surface area contributed by atoms with Crippen LogP contribution in [0.4, 0.5) is 0 Å². The first kappa shape index (κ1) is 11.7. The fourth-order valence-corrected chi connectivity index (χ4v) is 1.51. The van der Waals surface area contributed by atoms with Crippen molar-refractivity contribution in [3.63, 3.8) is 0 Å². The van der Waals surface area contributed by atoms with E-state index in [4.69, 9.17) is 11.5 Å². The topological polar surface area (TPSA) is 69.1 Å². The van der Waals surface area contributed by atoms with Gasteiger partial charge in [0.2, 0.25) is 5.91 Å². The van der Waals surface area contributed by atoms with Gasteiger partial charge in [0.25, 0.3) is 0 Å². The van der Waals surface area contributed by atoms with Crippen LogP contribution in [0.25, 0.3) is 0 Å². The standard InChI is InChI=1S/C12H18N2O/c1-9(2)12(14,11(13)15)8-10-6-4-3-5-7-10/h3-7,9H,8,14H2,1-2H3,(H2,13,15)/t12-/m0/s1. The zero-order chi connectivity index (χ0) is 11.5. The van der Waals surface area contributed by atoms with Gasteiger partial charge in [-0.2, -0.15) is 0 Å². The molecule has 1 atom stereocenters. The van der Waals surface area contributed by atoms with Crippen molar-refractivity contribution in [3.05, 3.63) is 35.9 Å². The molecule has 0 saturated heterocycles. The number of nitrogens with two attached hydrogens (primary N) is 2. The molecule has 0 unspecified atom stereocenters. The second-order valence-electron chi connectivity index (χ2n) is 4.22. The van der Waals surface area contributed by atoms with E-state index in [0.29, 0.717) is 6.42 Å². The smallest absolute Gasteiger partial charge is 0.238 e. The lowest BCUT2D eigenvalue weighted by molar-refractivity contribution is -0.124. The third-order valence-electron chi connectivity index (χ3n) is 2.83. The minimum absolute atomic E-state index is 0.0233. The summed E-state index contributed by atoms with van der Waals surface area (Å²) >= 11 is 0. The maximum absolute atomic E-state index is 11.4. The normalized spacial score (nSPS) is 14.9. The van der Waals surface area contributed by atoms with Gasteiger partial charge in [-0.05, 0) is 17.9 Å². The molecule has 0 aromatic heterocycles. The van der Waals surface area contributed by atoms with Crippen LogP contribution >= 0.6 is 0 Å². The van der Waals surface area contributed by atoms with Gasteiger partial charge in [-0.3, -0.25) is 4.79 Å². The van der Waals surface area contributed by atoms with Crippen LogP contribution < -0.4 is 11.5 Å². The number of primary amides is 1. The average molecular weight is 206 g/mol. The van der Waals surface area contributed by atoms with Crippen LogP contribution in [0.3, 0.4) is 0 Å². The molecule has 1 rings (SSSR count). The fraction of sp³-hybridized carbons (Fsp3) is 0.417. The van der Waals surface area contributed by atoms with Crippen molar-refractivity contribution in [3.8, 4) is 0 Å². The molecule has 82 valence electrons. The Morgan fingerprint density at radius 1 is 1.33 bits per heavy atom. The fourth-order valence-electron chi connectivity index (χ4n) is 1.51. The van der Waals surface area contributed by atoms with Gasteiger partial charge < -0.3 is 11.5 Å². The van der Waals surface area contributed by atoms with Crippen molar-refractivity contribution in [2.45, 2.75) is 25.8 Å². The molecule has 1 aromatic carbocycles. The number of carbonyl (C=O) groups is 1. The van der Waals surface area contributed by atoms with Gasteiger partial charge in [-0.1, -0.05) is 44.2 Å². The van der Waals surface area contributed by atoms with Crippen LogP contribution in [-0.2, 0) is 11.2 Å². The number of carbonyl (C=O) groups excluding carboxylic acids is 1. The first-order valence-corrected chi connectivity index (χ1v) is 5.09. The predicted molar refractivity (Wildman–Crippen MR) is 61.1 cm³/mol. The van der Waals surface area contributed by atoms with Gasteiger partial charge in [0, 0.05) is 0 Å². The van der Waals surface area contributed by atoms with Gasteiger partial charge >= 0.3 is 0 Å². The van der Waals surface area contributed by atoms with Gasteiger partial charge in [-0.25, -0.2) is 0 Å². The highest BCUT2D eigenvalue weighted by atomic mass is 16.1. The Morgan fingerprint density at radius 2 is 1.87 bits per heavy atom. The monoisotopic (exact) mass is 206 g/mol. The third-order valence-corrected chi connectivity index (χ3v) is 2.83. The summed E-state index contributed by atoms with van der Waals surface area (Å²) in [5, 5.41) is 0. The van der Waals surface area contributed by atoms with Crippen LogP contribution in [0.15, 0.2) is 30.3 Å². The molecule has 0 aliphatic heterocycles. The highest BCUT2D eigenvalue weighted by Crippen LogP contribution is 2.19. The van der Waals surface area contributed by atoms with E-state index in [0.717, 1.165) is 5.56 Å². The molecule has 15 heavy (non-hydrogen) atoms. The summed E-state index contributed by atoms with van der Waals surface area (Å²) in [5.41, 5.74) is 11.5. The summed E-state index contributed by atoms with van der Waals surface area (Å²) in [5.74, 6) is -0.420. The van der Waals surface area contributed by atoms with Crippen LogP contribution in [0.5, 0.6) is 0 Å². The maximum Gasteiger partial charge on any atom is 0.238 e. The molecule has 0 heterocycles. The summed E-state index contributed by atoms with van der Waals surface area (Å²) < 4.78 is 0. The summed E-state index contributed by atoms with van der Waals surface area (Å²) in [6, 6.07) is 9.69. The minimum atomic E-state index is -0.957. The van der Waals surface area contributed by atoms with E-state index in [1.54, 1.807) is 0 Å². The quantitative estimate of drug-likeness (QED) is 0.773. The Bertz CT molecular complexity index is 335. The second-order valence-corrected chi connectivity index (χ2v) is 4.22. The summed E-state index contributed by atoms with van der Waals surface area (Å²) in [7, 11) is 0. The van der Waals surface area contributed by atoms with E-state index in [1.165, 1.54) is 0 Å². The van der Waals surface area contributed by atoms with E-state index < -0.39 is 11.4 Å². The maximum atomic E-state index is 11.4. The lowest BCUT2D eigenvalue weighted by Crippen LogP contribution is -2.57. The SMILES string of the molecule is CC(C)[C@@](N)(Cc1ccccc1)C(N)=O. The Hall–Kier alpha value is -1.35. The van der Waals surface area contributed by atoms with Crippen molar-refractivity contribution >= 4 is 5.91 Å². The molecule has 3 nitrogen and oxygen atoms in total. The molecule has 0 aliphatic carbocycles. The number of benzene rings is 1. The Balaban J connectivity index is 2.90. The summed E-state index contributed by atoms with van der Waals surface area (Å²) in [6.45, 7) is 3.82. The zero-order valence-corrected chi connectivity index (χ0v) is 9.23. The van der Waals surface area contributed by atoms with E-state index in [1.807, 2.05) is 44.2 Å². The van der Waals surface area contributed by atoms with Crippen molar-refractivity contribution in [2.24, 2.45) is 17.4 Å². The first-order chi connectivity index (χ1) is 6.97. The van der Waals surface area contributed by atoms with Crippen LogP contribution in [-0.4, -0.2) is 11.4 Å². The minimum Gasteiger partial charge on any atom is -0.368 e. The lowest BCUT2D eigenvalue weighted by Gasteiger charge is -2.30. The van der Waals surface area contributed by atoms with Gasteiger partial charge in [0.05, 0.1) is 0 Å². The molecule has 0 radical (unpaired) electrons. The Morgan fingerprint density at radius 3 is 2.27 bits per heavy atom. The zero-order valence-electron chi connectivity index (χ0n) is 9.23. The number of rotatable bonds is 4. The molecule has 0 spiro atoms. The van der Waals surface area contributed by atoms with Gasteiger partial charge in [0.15, 0.2) is 0 Å². The number of hydrogen-bond donors (Lipinski definition) is 2. The van der Waals surface area contributed by atoms with E-state index in [9.17, 15) is 4.79 Å². The van der Waals surface area contributed by atoms with Crippen LogP contribution in [0.2, 0.25) is 0 Å². The molecule has 3 heteroatoms. The van der Waals surface area contributed by atoms with Crippen LogP contribution in [0.1, 0.15) is 19.4 Å². The predicted octanol–water partition coefficient (Wildman–Crippen LogP) is 1.07. The molecule has 0 aliphatic rings. The molecule has 0 fully saturated rings. The average Bonchev–Trinajstić information content (AvgIpc) is 2.18. The first-order valence-electron chi connectivity index (χ1n) is 5.09. The van der Waals surface area contributed by atoms with Gasteiger partial charge in [-0.15, -0.1) is 0 Å². The summed E-state index contributed by atoms with van der Waals surface area (Å²) in [6.07, 6.45) is 0.487. The molecule has 1 aromatic rings. The van der Waals surface area contributed by atoms with Crippen molar-refractivity contribution < 1.29 is 4.79 Å². The molecule has 0 bridgehead atoms. The third kappa shape index (κ3) is 2.57. The number of amides is 1. The van der Waals surface area contributed by atoms with E-state index in [-0.39, 0.29) is 5.92 Å². The second kappa shape index (κ2) is 4.45. The lowest BCUT2D eigenvalue weighted by atomic mass is 9.81. The van der Waals surface area contributed by atoms with Gasteiger partial charge in [0.1, 0.15) is 5.54 Å². The van der Waals surface area contributed by atoms with Crippen molar-refractivity contribution in [2.75, 3.05) is 0 Å². The van der Waals surface area contributed by atoms with E-state index >= 15 is 0 Å². The molecular formula is C12H18N2O. The molecule has 4 N–H and O–H groups in total. The van der Waals surface area contributed by atoms with Crippen molar-refractivity contribution in [1.82, 2.24) is 0 Å².